The highest BCUT2D eigenvalue weighted by Crippen LogP contribution is 2.40. The monoisotopic (exact) mass is 471 g/mol. The molecule has 35 heavy (non-hydrogen) atoms. The molecule has 0 aliphatic rings. The molecule has 1 heterocycles. The van der Waals surface area contributed by atoms with Gasteiger partial charge in [0.2, 0.25) is 0 Å². The summed E-state index contributed by atoms with van der Waals surface area (Å²) >= 11 is 1.83. The molecule has 5 heteroatoms. The minimum absolute atomic E-state index is 0.483. The standard InChI is InChI=1S/C30H22BNO2S/c33-31(34)23-14-10-21(11-15-23)22-12-16-25(17-13-22)32(24-6-2-1-3-7-24)26-18-19-30-28(20-26)27-8-4-5-9-29(27)35-30/h1-20,33-34H. The van der Waals surface area contributed by atoms with Crippen molar-refractivity contribution in [3.05, 3.63) is 121 Å². The topological polar surface area (TPSA) is 43.7 Å². The van der Waals surface area contributed by atoms with Crippen molar-refractivity contribution >= 4 is 61.2 Å². The molecule has 0 radical (unpaired) electrons. The Morgan fingerprint density at radius 2 is 1.09 bits per heavy atom. The van der Waals surface area contributed by atoms with E-state index in [0.29, 0.717) is 5.46 Å². The molecule has 0 saturated heterocycles. The van der Waals surface area contributed by atoms with E-state index < -0.39 is 7.12 Å². The van der Waals surface area contributed by atoms with Crippen LogP contribution in [0.3, 0.4) is 0 Å². The highest BCUT2D eigenvalue weighted by atomic mass is 32.1. The van der Waals surface area contributed by atoms with Crippen LogP contribution in [0.4, 0.5) is 17.1 Å². The zero-order chi connectivity index (χ0) is 23.8. The maximum atomic E-state index is 9.36. The Morgan fingerprint density at radius 3 is 1.80 bits per heavy atom. The van der Waals surface area contributed by atoms with Gasteiger partial charge in [-0.1, -0.05) is 72.8 Å². The molecular weight excluding hydrogens is 449 g/mol. The summed E-state index contributed by atoms with van der Waals surface area (Å²) in [6.07, 6.45) is 0. The normalized spacial score (nSPS) is 11.1. The second-order valence-electron chi connectivity index (χ2n) is 8.49. The Labute approximate surface area is 208 Å². The molecule has 6 rings (SSSR count). The second kappa shape index (κ2) is 9.04. The van der Waals surface area contributed by atoms with Crippen LogP contribution in [-0.4, -0.2) is 17.2 Å². The maximum absolute atomic E-state index is 9.36. The van der Waals surface area contributed by atoms with E-state index in [1.807, 2.05) is 29.5 Å². The molecule has 0 amide bonds. The highest BCUT2D eigenvalue weighted by Gasteiger charge is 2.15. The van der Waals surface area contributed by atoms with Gasteiger partial charge in [0.05, 0.1) is 0 Å². The van der Waals surface area contributed by atoms with E-state index in [-0.39, 0.29) is 0 Å². The molecule has 2 N–H and O–H groups in total. The van der Waals surface area contributed by atoms with Gasteiger partial charge in [0.15, 0.2) is 0 Å². The van der Waals surface area contributed by atoms with Gasteiger partial charge in [-0.05, 0) is 65.1 Å². The van der Waals surface area contributed by atoms with Gasteiger partial charge in [0.1, 0.15) is 0 Å². The molecule has 3 nitrogen and oxygen atoms in total. The van der Waals surface area contributed by atoms with Crippen LogP contribution in [0, 0.1) is 0 Å². The molecule has 1 aromatic heterocycles. The van der Waals surface area contributed by atoms with Gasteiger partial charge in [-0.2, -0.15) is 0 Å². The summed E-state index contributed by atoms with van der Waals surface area (Å²) in [7, 11) is -1.46. The molecule has 0 saturated carbocycles. The van der Waals surface area contributed by atoms with Gasteiger partial charge >= 0.3 is 7.12 Å². The Hall–Kier alpha value is -3.90. The molecule has 5 aromatic carbocycles. The number of fused-ring (bicyclic) bond motifs is 3. The van der Waals surface area contributed by atoms with E-state index in [9.17, 15) is 10.0 Å². The van der Waals surface area contributed by atoms with Gasteiger partial charge in [-0.15, -0.1) is 11.3 Å². The smallest absolute Gasteiger partial charge is 0.423 e. The van der Waals surface area contributed by atoms with Crippen molar-refractivity contribution in [3.63, 3.8) is 0 Å². The lowest BCUT2D eigenvalue weighted by Gasteiger charge is -2.26. The third-order valence-electron chi connectivity index (χ3n) is 6.30. The molecule has 6 aromatic rings. The van der Waals surface area contributed by atoms with Gasteiger partial charge in [-0.3, -0.25) is 0 Å². The number of thiophene rings is 1. The molecular formula is C30H22BNO2S. The molecule has 0 atom stereocenters. The van der Waals surface area contributed by atoms with Crippen LogP contribution in [-0.2, 0) is 0 Å². The third kappa shape index (κ3) is 4.11. The van der Waals surface area contributed by atoms with Gasteiger partial charge < -0.3 is 14.9 Å². The number of para-hydroxylation sites is 1. The van der Waals surface area contributed by atoms with Crippen molar-refractivity contribution in [2.45, 2.75) is 0 Å². The minimum atomic E-state index is -1.46. The molecule has 0 unspecified atom stereocenters. The summed E-state index contributed by atoms with van der Waals surface area (Å²) < 4.78 is 2.59. The molecule has 0 aliphatic carbocycles. The average Bonchev–Trinajstić information content (AvgIpc) is 3.28. The SMILES string of the molecule is OB(O)c1ccc(-c2ccc(N(c3ccccc3)c3ccc4sc5ccccc5c4c3)cc2)cc1. The summed E-state index contributed by atoms with van der Waals surface area (Å²) in [5.41, 5.74) is 5.86. The predicted octanol–water partition coefficient (Wildman–Crippen LogP) is 6.87. The first-order valence-corrected chi connectivity index (χ1v) is 12.3. The van der Waals surface area contributed by atoms with Crippen molar-refractivity contribution in [1.29, 1.82) is 0 Å². The second-order valence-corrected chi connectivity index (χ2v) is 9.58. The number of benzene rings is 5. The number of anilines is 3. The first-order valence-electron chi connectivity index (χ1n) is 11.5. The largest absolute Gasteiger partial charge is 0.488 e. The van der Waals surface area contributed by atoms with E-state index in [4.69, 9.17) is 0 Å². The lowest BCUT2D eigenvalue weighted by atomic mass is 9.80. The number of rotatable bonds is 5. The van der Waals surface area contributed by atoms with Gasteiger partial charge in [-0.25, -0.2) is 0 Å². The summed E-state index contributed by atoms with van der Waals surface area (Å²) in [5.74, 6) is 0. The molecule has 168 valence electrons. The minimum Gasteiger partial charge on any atom is -0.423 e. The zero-order valence-electron chi connectivity index (χ0n) is 18.9. The average molecular weight is 471 g/mol. The highest BCUT2D eigenvalue weighted by molar-refractivity contribution is 7.25. The molecule has 0 bridgehead atoms. The number of nitrogens with zero attached hydrogens (tertiary/aromatic N) is 1. The predicted molar refractivity (Wildman–Crippen MR) is 149 cm³/mol. The van der Waals surface area contributed by atoms with Crippen LogP contribution in [0.15, 0.2) is 121 Å². The number of hydrogen-bond donors (Lipinski definition) is 2. The van der Waals surface area contributed by atoms with E-state index in [2.05, 4.69) is 95.9 Å². The Bertz CT molecular complexity index is 1610. The van der Waals surface area contributed by atoms with Crippen LogP contribution in [0.25, 0.3) is 31.3 Å². The van der Waals surface area contributed by atoms with E-state index >= 15 is 0 Å². The summed E-state index contributed by atoms with van der Waals surface area (Å²) in [5, 5.41) is 21.3. The van der Waals surface area contributed by atoms with Crippen molar-refractivity contribution in [1.82, 2.24) is 0 Å². The number of hydrogen-bond acceptors (Lipinski definition) is 4. The van der Waals surface area contributed by atoms with E-state index in [1.54, 1.807) is 12.1 Å². The Morgan fingerprint density at radius 1 is 0.514 bits per heavy atom. The van der Waals surface area contributed by atoms with Crippen LogP contribution < -0.4 is 10.4 Å². The molecule has 0 spiro atoms. The quantitative estimate of drug-likeness (QED) is 0.270. The van der Waals surface area contributed by atoms with Gasteiger partial charge in [0, 0.05) is 37.2 Å². The Balaban J connectivity index is 1.43. The lowest BCUT2D eigenvalue weighted by Crippen LogP contribution is -2.29. The Kier molecular flexibility index (Phi) is 5.59. The van der Waals surface area contributed by atoms with Crippen LogP contribution in [0.2, 0.25) is 0 Å². The third-order valence-corrected chi connectivity index (χ3v) is 7.45. The maximum Gasteiger partial charge on any atom is 0.488 e. The fourth-order valence-electron chi connectivity index (χ4n) is 4.53. The van der Waals surface area contributed by atoms with Crippen molar-refractivity contribution in [2.75, 3.05) is 4.90 Å². The fourth-order valence-corrected chi connectivity index (χ4v) is 5.61. The zero-order valence-corrected chi connectivity index (χ0v) is 19.7. The van der Waals surface area contributed by atoms with Crippen molar-refractivity contribution < 1.29 is 10.0 Å². The molecule has 0 aliphatic heterocycles. The van der Waals surface area contributed by atoms with E-state index in [0.717, 1.165) is 28.2 Å². The fraction of sp³-hybridized carbons (Fsp3) is 0. The molecule has 0 fully saturated rings. The summed E-state index contributed by atoms with van der Waals surface area (Å²) in [6, 6.07) is 41.5. The van der Waals surface area contributed by atoms with Gasteiger partial charge in [0.25, 0.3) is 0 Å². The van der Waals surface area contributed by atoms with Crippen LogP contribution in [0.1, 0.15) is 0 Å². The van der Waals surface area contributed by atoms with Crippen LogP contribution in [0.5, 0.6) is 0 Å². The first-order chi connectivity index (χ1) is 17.2. The lowest BCUT2D eigenvalue weighted by molar-refractivity contribution is 0.426. The van der Waals surface area contributed by atoms with Crippen LogP contribution >= 0.6 is 11.3 Å². The van der Waals surface area contributed by atoms with E-state index in [1.165, 1.54) is 20.2 Å². The summed E-state index contributed by atoms with van der Waals surface area (Å²) in [4.78, 5) is 2.28. The first kappa shape index (κ1) is 21.6. The van der Waals surface area contributed by atoms with Crippen molar-refractivity contribution in [2.24, 2.45) is 0 Å². The van der Waals surface area contributed by atoms with Crippen molar-refractivity contribution in [3.8, 4) is 11.1 Å². The summed E-state index contributed by atoms with van der Waals surface area (Å²) in [6.45, 7) is 0.